The fourth-order valence-corrected chi connectivity index (χ4v) is 5.20. The molecule has 1 saturated heterocycles. The third-order valence-electron chi connectivity index (χ3n) is 5.25. The van der Waals surface area contributed by atoms with Crippen molar-refractivity contribution < 1.29 is 13.2 Å². The van der Waals surface area contributed by atoms with Crippen molar-refractivity contribution in [3.8, 4) is 6.07 Å². The normalized spacial score (nSPS) is 14.9. The predicted molar refractivity (Wildman–Crippen MR) is 114 cm³/mol. The van der Waals surface area contributed by atoms with Crippen LogP contribution >= 0.6 is 0 Å². The Hall–Kier alpha value is -3.48. The van der Waals surface area contributed by atoms with E-state index in [1.165, 1.54) is 16.4 Å². The van der Waals surface area contributed by atoms with E-state index in [1.54, 1.807) is 35.6 Å². The first-order valence-corrected chi connectivity index (χ1v) is 11.3. The fraction of sp³-hybridized carbons (Fsp3) is 0.227. The molecule has 2 heterocycles. The summed E-state index contributed by atoms with van der Waals surface area (Å²) in [6, 6.07) is 15.5. The topological polar surface area (TPSA) is 99.3 Å². The van der Waals surface area contributed by atoms with E-state index in [2.05, 4.69) is 4.98 Å². The first-order chi connectivity index (χ1) is 15.0. The summed E-state index contributed by atoms with van der Waals surface area (Å²) in [6.07, 6.45) is 5.29. The van der Waals surface area contributed by atoms with Crippen molar-refractivity contribution in [1.82, 2.24) is 18.8 Å². The lowest BCUT2D eigenvalue weighted by molar-refractivity contribution is 0.0697. The van der Waals surface area contributed by atoms with Gasteiger partial charge in [0.1, 0.15) is 6.07 Å². The number of hydrogen-bond donors (Lipinski definition) is 0. The van der Waals surface area contributed by atoms with Gasteiger partial charge in [0.25, 0.3) is 5.91 Å². The van der Waals surface area contributed by atoms with Gasteiger partial charge in [-0.3, -0.25) is 4.79 Å². The van der Waals surface area contributed by atoms with Gasteiger partial charge in [0.05, 0.1) is 16.8 Å². The highest BCUT2D eigenvalue weighted by Crippen LogP contribution is 2.21. The Morgan fingerprint density at radius 3 is 2.55 bits per heavy atom. The summed E-state index contributed by atoms with van der Waals surface area (Å²) in [4.78, 5) is 18.7. The van der Waals surface area contributed by atoms with Gasteiger partial charge in [-0.2, -0.15) is 9.57 Å². The molecule has 3 aromatic rings. The monoisotopic (exact) mass is 435 g/mol. The van der Waals surface area contributed by atoms with Crippen LogP contribution < -0.4 is 0 Å². The molecule has 0 radical (unpaired) electrons. The highest BCUT2D eigenvalue weighted by Gasteiger charge is 2.31. The van der Waals surface area contributed by atoms with Gasteiger partial charge in [0.15, 0.2) is 0 Å². The molecule has 1 amide bonds. The third-order valence-corrected chi connectivity index (χ3v) is 7.21. The van der Waals surface area contributed by atoms with Crippen molar-refractivity contribution in [3.05, 3.63) is 83.9 Å². The smallest absolute Gasteiger partial charge is 0.253 e. The number of imidazole rings is 1. The van der Waals surface area contributed by atoms with Crippen molar-refractivity contribution >= 4 is 15.9 Å². The Morgan fingerprint density at radius 2 is 1.84 bits per heavy atom. The molecule has 31 heavy (non-hydrogen) atoms. The van der Waals surface area contributed by atoms with E-state index in [0.29, 0.717) is 25.2 Å². The van der Waals surface area contributed by atoms with Crippen molar-refractivity contribution in [1.29, 1.82) is 5.26 Å². The molecule has 158 valence electrons. The third kappa shape index (κ3) is 4.35. The molecule has 9 heteroatoms. The molecule has 0 saturated carbocycles. The Morgan fingerprint density at radius 1 is 1.06 bits per heavy atom. The van der Waals surface area contributed by atoms with E-state index in [1.807, 2.05) is 35.0 Å². The van der Waals surface area contributed by atoms with Gasteiger partial charge >= 0.3 is 0 Å². The number of benzene rings is 2. The van der Waals surface area contributed by atoms with Crippen LogP contribution in [-0.4, -0.2) is 59.3 Å². The maximum atomic E-state index is 13.0. The number of nitrogens with zero attached hydrogens (tertiary/aromatic N) is 5. The molecule has 8 nitrogen and oxygen atoms in total. The number of aromatic nitrogens is 2. The van der Waals surface area contributed by atoms with E-state index in [0.717, 1.165) is 5.56 Å². The lowest BCUT2D eigenvalue weighted by atomic mass is 10.1. The summed E-state index contributed by atoms with van der Waals surface area (Å²) >= 11 is 0. The number of piperazine rings is 1. The number of rotatable bonds is 5. The van der Waals surface area contributed by atoms with Crippen molar-refractivity contribution in [2.75, 3.05) is 26.2 Å². The average Bonchev–Trinajstić information content (AvgIpc) is 3.32. The quantitative estimate of drug-likeness (QED) is 0.610. The van der Waals surface area contributed by atoms with Crippen LogP contribution in [0.1, 0.15) is 21.5 Å². The van der Waals surface area contributed by atoms with Crippen LogP contribution in [0.3, 0.4) is 0 Å². The number of carbonyl (C=O) groups excluding carboxylic acids is 1. The Balaban J connectivity index is 1.44. The summed E-state index contributed by atoms with van der Waals surface area (Å²) in [5.74, 6) is -0.123. The SMILES string of the molecule is N#Cc1ccccc1S(=O)(=O)N1CCN(C(=O)c2cccc(Cn3ccnc3)c2)CC1. The highest BCUT2D eigenvalue weighted by atomic mass is 32.2. The van der Waals surface area contributed by atoms with E-state index < -0.39 is 10.0 Å². The second-order valence-corrected chi connectivity index (χ2v) is 9.15. The van der Waals surface area contributed by atoms with Crippen LogP contribution in [0.5, 0.6) is 0 Å². The zero-order valence-electron chi connectivity index (χ0n) is 16.8. The van der Waals surface area contributed by atoms with E-state index in [9.17, 15) is 18.5 Å². The number of carbonyl (C=O) groups is 1. The Labute approximate surface area is 181 Å². The van der Waals surface area contributed by atoms with Crippen LogP contribution in [0.4, 0.5) is 0 Å². The zero-order chi connectivity index (χ0) is 21.8. The molecular weight excluding hydrogens is 414 g/mol. The lowest BCUT2D eigenvalue weighted by Gasteiger charge is -2.34. The largest absolute Gasteiger partial charge is 0.336 e. The molecule has 0 N–H and O–H groups in total. The maximum Gasteiger partial charge on any atom is 0.253 e. The molecule has 2 aromatic carbocycles. The van der Waals surface area contributed by atoms with E-state index >= 15 is 0 Å². The lowest BCUT2D eigenvalue weighted by Crippen LogP contribution is -2.50. The van der Waals surface area contributed by atoms with Gasteiger partial charge in [-0.15, -0.1) is 0 Å². The first-order valence-electron chi connectivity index (χ1n) is 9.82. The van der Waals surface area contributed by atoms with Crippen molar-refractivity contribution in [2.24, 2.45) is 0 Å². The van der Waals surface area contributed by atoms with Crippen molar-refractivity contribution in [2.45, 2.75) is 11.4 Å². The molecule has 0 aliphatic carbocycles. The highest BCUT2D eigenvalue weighted by molar-refractivity contribution is 7.89. The van der Waals surface area contributed by atoms with Crippen LogP contribution in [0, 0.1) is 11.3 Å². The van der Waals surface area contributed by atoms with Gasteiger partial charge in [-0.25, -0.2) is 13.4 Å². The van der Waals surface area contributed by atoms with Gasteiger partial charge in [0.2, 0.25) is 10.0 Å². The summed E-state index contributed by atoms with van der Waals surface area (Å²) in [5.41, 5.74) is 1.68. The van der Waals surface area contributed by atoms with E-state index in [-0.39, 0.29) is 29.5 Å². The summed E-state index contributed by atoms with van der Waals surface area (Å²) in [5, 5.41) is 9.23. The molecule has 0 spiro atoms. The number of hydrogen-bond acceptors (Lipinski definition) is 5. The second kappa shape index (κ2) is 8.71. The minimum Gasteiger partial charge on any atom is -0.336 e. The molecular formula is C22H21N5O3S. The van der Waals surface area contributed by atoms with Crippen LogP contribution in [0.25, 0.3) is 0 Å². The number of nitriles is 1. The molecule has 1 aromatic heterocycles. The predicted octanol–water partition coefficient (Wildman–Crippen LogP) is 1.95. The molecule has 4 rings (SSSR count). The molecule has 0 bridgehead atoms. The van der Waals surface area contributed by atoms with Crippen LogP contribution in [0.2, 0.25) is 0 Å². The van der Waals surface area contributed by atoms with Crippen molar-refractivity contribution in [3.63, 3.8) is 0 Å². The van der Waals surface area contributed by atoms with Crippen LogP contribution in [-0.2, 0) is 16.6 Å². The summed E-state index contributed by atoms with van der Waals surface area (Å²) in [6.45, 7) is 1.56. The molecule has 0 atom stereocenters. The summed E-state index contributed by atoms with van der Waals surface area (Å²) < 4.78 is 29.2. The van der Waals surface area contributed by atoms with E-state index in [4.69, 9.17) is 0 Å². The molecule has 1 aliphatic heterocycles. The standard InChI is InChI=1S/C22H21N5O3S/c23-15-20-5-1-2-7-21(20)31(29,30)27-12-10-26(11-13-27)22(28)19-6-3-4-18(14-19)16-25-9-8-24-17-25/h1-9,14,17H,10-13,16H2. The summed E-state index contributed by atoms with van der Waals surface area (Å²) in [7, 11) is -3.79. The van der Waals surface area contributed by atoms with Gasteiger partial charge in [-0.05, 0) is 29.8 Å². The minimum absolute atomic E-state index is 0.00415. The second-order valence-electron chi connectivity index (χ2n) is 7.24. The Kier molecular flexibility index (Phi) is 5.84. The fourth-order valence-electron chi connectivity index (χ4n) is 3.63. The van der Waals surface area contributed by atoms with Crippen LogP contribution in [0.15, 0.2) is 72.1 Å². The van der Waals surface area contributed by atoms with Gasteiger partial charge in [0, 0.05) is 50.7 Å². The minimum atomic E-state index is -3.79. The maximum absolute atomic E-state index is 13.0. The number of amides is 1. The van der Waals surface area contributed by atoms with Gasteiger partial charge in [-0.1, -0.05) is 24.3 Å². The zero-order valence-corrected chi connectivity index (χ0v) is 17.6. The first kappa shape index (κ1) is 20.8. The van der Waals surface area contributed by atoms with Gasteiger partial charge < -0.3 is 9.47 Å². The molecule has 1 fully saturated rings. The number of sulfonamides is 1. The molecule has 0 unspecified atom stereocenters. The molecule has 1 aliphatic rings. The Bertz CT molecular complexity index is 1220. The average molecular weight is 436 g/mol.